The highest BCUT2D eigenvalue weighted by Gasteiger charge is 2.34. The number of aliphatic hydroxyl groups excluding tert-OH is 1. The quantitative estimate of drug-likeness (QED) is 0.337. The number of carbonyl (C=O) groups is 2. The molecule has 0 aliphatic carbocycles. The third-order valence-electron chi connectivity index (χ3n) is 6.94. The minimum atomic E-state index is -3.98. The first-order valence-corrected chi connectivity index (χ1v) is 15.0. The van der Waals surface area contributed by atoms with Gasteiger partial charge in [-0.2, -0.15) is 0 Å². The summed E-state index contributed by atoms with van der Waals surface area (Å²) in [7, 11) is -2.40. The number of nitrogens with one attached hydrogen (secondary N) is 2. The number of rotatable bonds is 8. The van der Waals surface area contributed by atoms with Gasteiger partial charge >= 0.3 is 6.03 Å². The summed E-state index contributed by atoms with van der Waals surface area (Å²) in [5.74, 6) is -0.922. The number of aliphatic hydroxyl groups is 1. The van der Waals surface area contributed by atoms with E-state index in [-0.39, 0.29) is 47.5 Å². The number of ether oxygens (including phenoxy) is 1. The molecular formula is C29H32ClFN4O6S. The number of halogens is 2. The molecule has 3 aromatic rings. The Balaban J connectivity index is 1.61. The summed E-state index contributed by atoms with van der Waals surface area (Å²) < 4.78 is 47.9. The van der Waals surface area contributed by atoms with Crippen LogP contribution in [0.5, 0.6) is 5.75 Å². The third kappa shape index (κ3) is 7.30. The van der Waals surface area contributed by atoms with E-state index in [1.54, 1.807) is 14.0 Å². The Kier molecular flexibility index (Phi) is 9.60. The molecule has 10 nitrogen and oxygen atoms in total. The lowest BCUT2D eigenvalue weighted by atomic mass is 9.99. The summed E-state index contributed by atoms with van der Waals surface area (Å²) in [6.07, 6.45) is -0.578. The van der Waals surface area contributed by atoms with E-state index in [2.05, 4.69) is 10.0 Å². The Hall–Kier alpha value is -3.87. The first-order valence-electron chi connectivity index (χ1n) is 13.2. The van der Waals surface area contributed by atoms with E-state index in [1.165, 1.54) is 76.5 Å². The van der Waals surface area contributed by atoms with E-state index in [9.17, 15) is 27.5 Å². The number of urea groups is 1. The molecule has 3 atom stereocenters. The van der Waals surface area contributed by atoms with Gasteiger partial charge in [0.2, 0.25) is 0 Å². The van der Waals surface area contributed by atoms with E-state index < -0.39 is 39.9 Å². The number of nitrogens with zero attached hydrogens (tertiary/aromatic N) is 2. The van der Waals surface area contributed by atoms with Crippen LogP contribution in [0.2, 0.25) is 5.02 Å². The lowest BCUT2D eigenvalue weighted by molar-refractivity contribution is 0.0371. The summed E-state index contributed by atoms with van der Waals surface area (Å²) in [6, 6.07) is 14.4. The molecule has 0 saturated heterocycles. The fourth-order valence-corrected chi connectivity index (χ4v) is 5.61. The van der Waals surface area contributed by atoms with Crippen LogP contribution in [0.3, 0.4) is 0 Å². The molecule has 42 heavy (non-hydrogen) atoms. The minimum Gasteiger partial charge on any atom is -0.487 e. The molecule has 1 aliphatic heterocycles. The zero-order valence-electron chi connectivity index (χ0n) is 23.3. The van der Waals surface area contributed by atoms with Crippen LogP contribution in [0.1, 0.15) is 24.2 Å². The first kappa shape index (κ1) is 31.1. The number of hydrogen-bond donors (Lipinski definition) is 3. The topological polar surface area (TPSA) is 128 Å². The maximum atomic E-state index is 13.7. The second-order valence-corrected chi connectivity index (χ2v) is 12.3. The van der Waals surface area contributed by atoms with E-state index in [4.69, 9.17) is 16.3 Å². The van der Waals surface area contributed by atoms with Crippen LogP contribution in [0, 0.1) is 11.7 Å². The maximum absolute atomic E-state index is 13.7. The Morgan fingerprint density at radius 2 is 1.79 bits per heavy atom. The molecule has 0 radical (unpaired) electrons. The fraction of sp³-hybridized carbons (Fsp3) is 0.310. The largest absolute Gasteiger partial charge is 0.487 e. The SMILES string of the molecule is C[C@H]1CN([C@@H](C)CO)C(=O)c2cc(NS(=O)(=O)c3ccc(Cl)cc3)ccc2O[C@H]1CN(C)C(=O)Nc1ccc(F)cc1. The Labute approximate surface area is 249 Å². The van der Waals surface area contributed by atoms with Crippen molar-refractivity contribution in [1.29, 1.82) is 0 Å². The average molecular weight is 619 g/mol. The van der Waals surface area contributed by atoms with Crippen molar-refractivity contribution in [1.82, 2.24) is 9.80 Å². The predicted octanol–water partition coefficient (Wildman–Crippen LogP) is 4.66. The van der Waals surface area contributed by atoms with Gasteiger partial charge in [0.05, 0.1) is 29.7 Å². The number of benzene rings is 3. The second-order valence-electron chi connectivity index (χ2n) is 10.2. The molecule has 0 fully saturated rings. The van der Waals surface area contributed by atoms with Gasteiger partial charge in [0, 0.05) is 35.9 Å². The monoisotopic (exact) mass is 618 g/mol. The highest BCUT2D eigenvalue weighted by atomic mass is 35.5. The van der Waals surface area contributed by atoms with Crippen molar-refractivity contribution in [2.24, 2.45) is 5.92 Å². The highest BCUT2D eigenvalue weighted by Crippen LogP contribution is 2.31. The molecule has 1 heterocycles. The minimum absolute atomic E-state index is 0.00686. The van der Waals surface area contributed by atoms with Crippen molar-refractivity contribution in [2.75, 3.05) is 36.8 Å². The smallest absolute Gasteiger partial charge is 0.321 e. The Bertz CT molecular complexity index is 1540. The van der Waals surface area contributed by atoms with Gasteiger partial charge in [0.25, 0.3) is 15.9 Å². The van der Waals surface area contributed by atoms with E-state index >= 15 is 0 Å². The van der Waals surface area contributed by atoms with Crippen LogP contribution in [-0.4, -0.2) is 74.2 Å². The molecule has 0 saturated carbocycles. The van der Waals surface area contributed by atoms with Gasteiger partial charge in [0.15, 0.2) is 0 Å². The van der Waals surface area contributed by atoms with Crippen LogP contribution in [0.25, 0.3) is 0 Å². The van der Waals surface area contributed by atoms with Gasteiger partial charge < -0.3 is 25.0 Å². The average Bonchev–Trinajstić information content (AvgIpc) is 2.96. The molecule has 1 aliphatic rings. The number of hydrogen-bond acceptors (Lipinski definition) is 6. The van der Waals surface area contributed by atoms with E-state index in [1.807, 2.05) is 6.92 Å². The fourth-order valence-electron chi connectivity index (χ4n) is 4.44. The number of fused-ring (bicyclic) bond motifs is 1. The first-order chi connectivity index (χ1) is 19.9. The van der Waals surface area contributed by atoms with Crippen LogP contribution >= 0.6 is 11.6 Å². The standard InChI is InChI=1S/C29H32ClFN4O6S/c1-18-15-35(19(2)17-36)28(37)25-14-23(33-42(39,40)24-11-4-20(30)5-12-24)10-13-26(25)41-27(18)16-34(3)29(38)32-22-8-6-21(31)7-9-22/h4-14,18-19,27,33,36H,15-17H2,1-3H3,(H,32,38)/t18-,19-,27-/m0/s1. The maximum Gasteiger partial charge on any atom is 0.321 e. The van der Waals surface area contributed by atoms with Crippen molar-refractivity contribution in [3.8, 4) is 5.75 Å². The Morgan fingerprint density at radius 1 is 1.14 bits per heavy atom. The van der Waals surface area contributed by atoms with Gasteiger partial charge in [-0.05, 0) is 73.7 Å². The van der Waals surface area contributed by atoms with Crippen molar-refractivity contribution in [3.63, 3.8) is 0 Å². The normalized spacial score (nSPS) is 17.8. The third-order valence-corrected chi connectivity index (χ3v) is 8.59. The van der Waals surface area contributed by atoms with Crippen LogP contribution in [0.15, 0.2) is 71.6 Å². The second kappa shape index (κ2) is 13.0. The van der Waals surface area contributed by atoms with Gasteiger partial charge in [0.1, 0.15) is 17.7 Å². The Morgan fingerprint density at radius 3 is 2.43 bits per heavy atom. The van der Waals surface area contributed by atoms with E-state index in [0.29, 0.717) is 10.7 Å². The molecule has 3 N–H and O–H groups in total. The highest BCUT2D eigenvalue weighted by molar-refractivity contribution is 7.92. The van der Waals surface area contributed by atoms with Crippen molar-refractivity contribution in [2.45, 2.75) is 30.9 Å². The number of likely N-dealkylation sites (N-methyl/N-ethyl adjacent to an activating group) is 1. The molecule has 3 aromatic carbocycles. The zero-order chi connectivity index (χ0) is 30.6. The molecule has 0 aromatic heterocycles. The van der Waals surface area contributed by atoms with Crippen LogP contribution < -0.4 is 14.8 Å². The molecule has 0 bridgehead atoms. The predicted molar refractivity (Wildman–Crippen MR) is 158 cm³/mol. The number of amides is 3. The molecular weight excluding hydrogens is 587 g/mol. The lowest BCUT2D eigenvalue weighted by Crippen LogP contribution is -2.50. The van der Waals surface area contributed by atoms with Crippen molar-refractivity contribution in [3.05, 3.63) is 83.1 Å². The molecule has 0 unspecified atom stereocenters. The van der Waals surface area contributed by atoms with Gasteiger partial charge in [-0.3, -0.25) is 9.52 Å². The van der Waals surface area contributed by atoms with Crippen LogP contribution in [0.4, 0.5) is 20.6 Å². The van der Waals surface area contributed by atoms with Crippen molar-refractivity contribution >= 4 is 44.9 Å². The molecule has 13 heteroatoms. The summed E-state index contributed by atoms with van der Waals surface area (Å²) in [5, 5.41) is 13.0. The van der Waals surface area contributed by atoms with Gasteiger partial charge in [-0.1, -0.05) is 18.5 Å². The number of sulfonamides is 1. The summed E-state index contributed by atoms with van der Waals surface area (Å²) in [6.45, 7) is 3.63. The molecule has 224 valence electrons. The van der Waals surface area contributed by atoms with Gasteiger partial charge in [-0.15, -0.1) is 0 Å². The summed E-state index contributed by atoms with van der Waals surface area (Å²) >= 11 is 5.88. The number of carbonyl (C=O) groups excluding carboxylic acids is 2. The van der Waals surface area contributed by atoms with Crippen molar-refractivity contribution < 1.29 is 32.2 Å². The van der Waals surface area contributed by atoms with Crippen LogP contribution in [-0.2, 0) is 10.0 Å². The lowest BCUT2D eigenvalue weighted by Gasteiger charge is -2.38. The van der Waals surface area contributed by atoms with E-state index in [0.717, 1.165) is 0 Å². The molecule has 0 spiro atoms. The molecule has 3 amide bonds. The van der Waals surface area contributed by atoms with Gasteiger partial charge in [-0.25, -0.2) is 17.6 Å². The summed E-state index contributed by atoms with van der Waals surface area (Å²) in [4.78, 5) is 29.4. The summed E-state index contributed by atoms with van der Waals surface area (Å²) in [5.41, 5.74) is 0.660. The number of anilines is 2. The molecule has 4 rings (SSSR count). The zero-order valence-corrected chi connectivity index (χ0v) is 24.8.